The normalized spacial score (nSPS) is 10.1. The Hall–Kier alpha value is -1.63. The third kappa shape index (κ3) is 3.44. The molecule has 2 rings (SSSR count). The molecule has 0 aliphatic heterocycles. The number of rotatable bonds is 3. The largest absolute Gasteiger partial charge is 0.465 e. The van der Waals surface area contributed by atoms with Crippen LogP contribution >= 0.6 is 22.6 Å². The van der Waals surface area contributed by atoms with Gasteiger partial charge in [-0.3, -0.25) is 0 Å². The van der Waals surface area contributed by atoms with Crippen molar-refractivity contribution >= 4 is 39.9 Å². The summed E-state index contributed by atoms with van der Waals surface area (Å²) in [6.45, 7) is 0. The molecule has 0 spiro atoms. The van der Waals surface area contributed by atoms with E-state index < -0.39 is 5.97 Å². The lowest BCUT2D eigenvalue weighted by atomic mass is 10.1. The Morgan fingerprint density at radius 1 is 1.21 bits per heavy atom. The lowest BCUT2D eigenvalue weighted by Crippen LogP contribution is -2.06. The predicted octanol–water partition coefficient (Wildman–Crippen LogP) is 3.96. The topological polar surface area (TPSA) is 38.3 Å². The molecule has 0 bridgehead atoms. The van der Waals surface area contributed by atoms with E-state index in [-0.39, 0.29) is 5.82 Å². The van der Waals surface area contributed by atoms with E-state index in [0.717, 1.165) is 3.57 Å². The predicted molar refractivity (Wildman–Crippen MR) is 80.2 cm³/mol. The third-order valence-electron chi connectivity index (χ3n) is 2.51. The maximum absolute atomic E-state index is 12.8. The van der Waals surface area contributed by atoms with Gasteiger partial charge in [-0.25, -0.2) is 9.18 Å². The van der Waals surface area contributed by atoms with Crippen molar-refractivity contribution in [2.45, 2.75) is 0 Å². The molecule has 0 saturated heterocycles. The number of carbonyl (C=O) groups is 1. The van der Waals surface area contributed by atoms with Crippen molar-refractivity contribution in [2.24, 2.45) is 0 Å². The zero-order valence-electron chi connectivity index (χ0n) is 10.1. The molecule has 0 aromatic heterocycles. The van der Waals surface area contributed by atoms with Gasteiger partial charge in [0, 0.05) is 9.26 Å². The molecule has 1 N–H and O–H groups in total. The summed E-state index contributed by atoms with van der Waals surface area (Å²) in [6, 6.07) is 11.3. The molecule has 3 nitrogen and oxygen atoms in total. The first-order valence-electron chi connectivity index (χ1n) is 5.50. The fourth-order valence-electron chi connectivity index (χ4n) is 1.60. The quantitative estimate of drug-likeness (QED) is 0.656. The number of ether oxygens (including phenoxy) is 1. The number of esters is 1. The molecule has 2 aromatic carbocycles. The highest BCUT2D eigenvalue weighted by Crippen LogP contribution is 2.24. The molecule has 0 radical (unpaired) electrons. The number of methoxy groups -OCH3 is 1. The van der Waals surface area contributed by atoms with Crippen molar-refractivity contribution < 1.29 is 13.9 Å². The van der Waals surface area contributed by atoms with Crippen LogP contribution < -0.4 is 5.32 Å². The average Bonchev–Trinajstić information content (AvgIpc) is 2.41. The first-order valence-corrected chi connectivity index (χ1v) is 6.58. The highest BCUT2D eigenvalue weighted by atomic mass is 127. The van der Waals surface area contributed by atoms with Crippen molar-refractivity contribution in [2.75, 3.05) is 12.4 Å². The molecule has 98 valence electrons. The van der Waals surface area contributed by atoms with Gasteiger partial charge in [0.05, 0.1) is 18.4 Å². The second kappa shape index (κ2) is 6.01. The Bertz CT molecular complexity index is 599. The molecule has 0 atom stereocenters. The van der Waals surface area contributed by atoms with E-state index in [9.17, 15) is 9.18 Å². The van der Waals surface area contributed by atoms with Crippen LogP contribution in [0.5, 0.6) is 0 Å². The summed E-state index contributed by atoms with van der Waals surface area (Å²) in [7, 11) is 1.34. The minimum absolute atomic E-state index is 0.304. The third-order valence-corrected chi connectivity index (χ3v) is 3.18. The number of halogens is 2. The second-order valence-electron chi connectivity index (χ2n) is 3.81. The van der Waals surface area contributed by atoms with Gasteiger partial charge in [0.1, 0.15) is 5.82 Å². The van der Waals surface area contributed by atoms with Gasteiger partial charge in [-0.15, -0.1) is 0 Å². The first kappa shape index (κ1) is 13.8. The molecule has 0 fully saturated rings. The first-order chi connectivity index (χ1) is 9.10. The van der Waals surface area contributed by atoms with Crippen molar-refractivity contribution in [3.8, 4) is 0 Å². The van der Waals surface area contributed by atoms with E-state index in [0.29, 0.717) is 16.9 Å². The summed E-state index contributed by atoms with van der Waals surface area (Å²) in [6.07, 6.45) is 0. The van der Waals surface area contributed by atoms with Crippen LogP contribution in [0.2, 0.25) is 0 Å². The monoisotopic (exact) mass is 371 g/mol. The summed E-state index contributed by atoms with van der Waals surface area (Å²) in [5, 5.41) is 3.08. The molecule has 5 heteroatoms. The van der Waals surface area contributed by atoms with Gasteiger partial charge >= 0.3 is 5.97 Å². The second-order valence-corrected chi connectivity index (χ2v) is 5.06. The Labute approximate surface area is 123 Å². The number of benzene rings is 2. The summed E-state index contributed by atoms with van der Waals surface area (Å²) in [5.41, 5.74) is 1.77. The number of carbonyl (C=O) groups excluding carboxylic acids is 1. The zero-order valence-corrected chi connectivity index (χ0v) is 12.3. The van der Waals surface area contributed by atoms with Crippen LogP contribution in [0.1, 0.15) is 10.4 Å². The van der Waals surface area contributed by atoms with Gasteiger partial charge in [-0.1, -0.05) is 0 Å². The fraction of sp³-hybridized carbons (Fsp3) is 0.0714. The van der Waals surface area contributed by atoms with E-state index >= 15 is 0 Å². The lowest BCUT2D eigenvalue weighted by Gasteiger charge is -2.11. The van der Waals surface area contributed by atoms with E-state index in [1.807, 2.05) is 12.1 Å². The van der Waals surface area contributed by atoms with Gasteiger partial charge < -0.3 is 10.1 Å². The van der Waals surface area contributed by atoms with E-state index in [1.54, 1.807) is 18.2 Å². The summed E-state index contributed by atoms with van der Waals surface area (Å²) < 4.78 is 18.6. The van der Waals surface area contributed by atoms with E-state index in [4.69, 9.17) is 4.74 Å². The molecule has 0 unspecified atom stereocenters. The highest BCUT2D eigenvalue weighted by Gasteiger charge is 2.12. The molecule has 0 aliphatic carbocycles. The summed E-state index contributed by atoms with van der Waals surface area (Å²) in [4.78, 5) is 11.7. The van der Waals surface area contributed by atoms with Crippen molar-refractivity contribution in [1.82, 2.24) is 0 Å². The molecular weight excluding hydrogens is 360 g/mol. The smallest absolute Gasteiger partial charge is 0.339 e. The number of hydrogen-bond acceptors (Lipinski definition) is 3. The average molecular weight is 371 g/mol. The van der Waals surface area contributed by atoms with Gasteiger partial charge in [0.25, 0.3) is 0 Å². The van der Waals surface area contributed by atoms with Crippen molar-refractivity contribution in [3.63, 3.8) is 0 Å². The van der Waals surface area contributed by atoms with Crippen LogP contribution in [0.15, 0.2) is 42.5 Å². The minimum atomic E-state index is -0.416. The number of nitrogens with one attached hydrogen (secondary N) is 1. The molecule has 0 heterocycles. The van der Waals surface area contributed by atoms with Crippen LogP contribution in [0.4, 0.5) is 15.8 Å². The SMILES string of the molecule is COC(=O)c1ccc(I)cc1Nc1ccc(F)cc1. The number of anilines is 2. The molecule has 0 amide bonds. The molecule has 0 aliphatic rings. The van der Waals surface area contributed by atoms with Crippen molar-refractivity contribution in [3.05, 3.63) is 57.4 Å². The van der Waals surface area contributed by atoms with Gasteiger partial charge in [-0.05, 0) is 65.1 Å². The fourth-order valence-corrected chi connectivity index (χ4v) is 2.09. The standard InChI is InChI=1S/C14H11FINO2/c1-19-14(18)12-7-4-10(16)8-13(12)17-11-5-2-9(15)3-6-11/h2-8,17H,1H3. The molecule has 19 heavy (non-hydrogen) atoms. The van der Waals surface area contributed by atoms with Crippen LogP contribution in [-0.4, -0.2) is 13.1 Å². The van der Waals surface area contributed by atoms with Gasteiger partial charge in [0.2, 0.25) is 0 Å². The van der Waals surface area contributed by atoms with Crippen LogP contribution in [0, 0.1) is 9.39 Å². The Kier molecular flexibility index (Phi) is 4.36. The summed E-state index contributed by atoms with van der Waals surface area (Å²) in [5.74, 6) is -0.720. The van der Waals surface area contributed by atoms with E-state index in [2.05, 4.69) is 27.9 Å². The van der Waals surface area contributed by atoms with Crippen LogP contribution in [0.3, 0.4) is 0 Å². The van der Waals surface area contributed by atoms with Crippen molar-refractivity contribution in [1.29, 1.82) is 0 Å². The zero-order chi connectivity index (χ0) is 13.8. The maximum atomic E-state index is 12.8. The van der Waals surface area contributed by atoms with E-state index in [1.165, 1.54) is 19.2 Å². The minimum Gasteiger partial charge on any atom is -0.465 e. The maximum Gasteiger partial charge on any atom is 0.339 e. The molecule has 0 saturated carbocycles. The Morgan fingerprint density at radius 3 is 2.53 bits per heavy atom. The number of hydrogen-bond donors (Lipinski definition) is 1. The van der Waals surface area contributed by atoms with Crippen LogP contribution in [-0.2, 0) is 4.74 Å². The Morgan fingerprint density at radius 2 is 1.89 bits per heavy atom. The molecule has 2 aromatic rings. The summed E-state index contributed by atoms with van der Waals surface area (Å²) >= 11 is 2.15. The van der Waals surface area contributed by atoms with Gasteiger partial charge in [0.15, 0.2) is 0 Å². The lowest BCUT2D eigenvalue weighted by molar-refractivity contribution is 0.0602. The highest BCUT2D eigenvalue weighted by molar-refractivity contribution is 14.1. The van der Waals surface area contributed by atoms with Gasteiger partial charge in [-0.2, -0.15) is 0 Å². The molecular formula is C14H11FINO2. The van der Waals surface area contributed by atoms with Crippen LogP contribution in [0.25, 0.3) is 0 Å². The Balaban J connectivity index is 2.35.